The van der Waals surface area contributed by atoms with E-state index in [0.717, 1.165) is 15.8 Å². The molecule has 0 aliphatic carbocycles. The zero-order valence-corrected chi connectivity index (χ0v) is 15.8. The van der Waals surface area contributed by atoms with Crippen LogP contribution in [-0.4, -0.2) is 30.5 Å². The van der Waals surface area contributed by atoms with Gasteiger partial charge in [-0.05, 0) is 36.8 Å². The quantitative estimate of drug-likeness (QED) is 0.613. The smallest absolute Gasteiger partial charge is 0.252 e. The molecule has 140 valence electrons. The normalized spacial score (nSPS) is 13.4. The second-order valence-corrected chi connectivity index (χ2v) is 7.08. The molecule has 0 bridgehead atoms. The summed E-state index contributed by atoms with van der Waals surface area (Å²) in [6.07, 6.45) is 0.219. The van der Waals surface area contributed by atoms with E-state index in [1.54, 1.807) is 0 Å². The lowest BCUT2D eigenvalue weighted by Gasteiger charge is -2.05. The number of carbonyl (C=O) groups is 1. The van der Waals surface area contributed by atoms with Crippen LogP contribution in [-0.2, 0) is 22.5 Å². The Labute approximate surface area is 160 Å². The summed E-state index contributed by atoms with van der Waals surface area (Å²) in [6.45, 7) is 4.10. The van der Waals surface area contributed by atoms with Crippen LogP contribution in [0.25, 0.3) is 10.2 Å². The van der Waals surface area contributed by atoms with Gasteiger partial charge in [0, 0.05) is 13.2 Å². The fourth-order valence-electron chi connectivity index (χ4n) is 2.99. The monoisotopic (exact) mass is 384 g/mol. The Balaban J connectivity index is 1.61. The number of aromatic nitrogens is 1. The fourth-order valence-corrected chi connectivity index (χ4v) is 4.07. The van der Waals surface area contributed by atoms with Crippen molar-refractivity contribution in [2.24, 2.45) is 4.99 Å². The van der Waals surface area contributed by atoms with E-state index in [0.29, 0.717) is 36.1 Å². The third-order valence-electron chi connectivity index (χ3n) is 4.26. The number of rotatable bonds is 6. The maximum atomic E-state index is 12.6. The Morgan fingerprint density at radius 3 is 2.96 bits per heavy atom. The molecule has 0 saturated heterocycles. The van der Waals surface area contributed by atoms with Gasteiger partial charge >= 0.3 is 0 Å². The third kappa shape index (κ3) is 3.89. The number of hydrogen-bond donors (Lipinski definition) is 0. The largest absolute Gasteiger partial charge is 0.454 e. The zero-order chi connectivity index (χ0) is 18.6. The molecule has 0 saturated carbocycles. The first-order valence-corrected chi connectivity index (χ1v) is 9.68. The second-order valence-electron chi connectivity index (χ2n) is 6.07. The van der Waals surface area contributed by atoms with Crippen LogP contribution in [0.4, 0.5) is 0 Å². The summed E-state index contributed by atoms with van der Waals surface area (Å²) in [5.74, 6) is 1.20. The number of para-hydroxylation sites is 1. The van der Waals surface area contributed by atoms with Crippen molar-refractivity contribution in [1.29, 1.82) is 0 Å². The number of ether oxygens (including phenoxy) is 3. The number of hydrogen-bond acceptors (Lipinski definition) is 5. The van der Waals surface area contributed by atoms with Crippen LogP contribution in [0.1, 0.15) is 12.5 Å². The van der Waals surface area contributed by atoms with Crippen molar-refractivity contribution in [1.82, 2.24) is 4.57 Å². The summed E-state index contributed by atoms with van der Waals surface area (Å²) >= 11 is 1.52. The van der Waals surface area contributed by atoms with Crippen molar-refractivity contribution in [3.8, 4) is 11.5 Å². The van der Waals surface area contributed by atoms with Gasteiger partial charge in [-0.1, -0.05) is 29.5 Å². The fraction of sp³-hybridized carbons (Fsp3) is 0.300. The molecule has 0 N–H and O–H groups in total. The highest BCUT2D eigenvalue weighted by molar-refractivity contribution is 7.16. The molecule has 6 nitrogen and oxygen atoms in total. The van der Waals surface area contributed by atoms with Gasteiger partial charge in [0.05, 0.1) is 23.2 Å². The average molecular weight is 384 g/mol. The van der Waals surface area contributed by atoms with Crippen LogP contribution in [0.3, 0.4) is 0 Å². The molecule has 0 radical (unpaired) electrons. The van der Waals surface area contributed by atoms with Gasteiger partial charge in [0.15, 0.2) is 16.3 Å². The summed E-state index contributed by atoms with van der Waals surface area (Å²) in [4.78, 5) is 17.6. The van der Waals surface area contributed by atoms with Gasteiger partial charge in [-0.2, -0.15) is 4.99 Å². The van der Waals surface area contributed by atoms with E-state index >= 15 is 0 Å². The molecule has 0 spiro atoms. The van der Waals surface area contributed by atoms with E-state index in [1.807, 2.05) is 54.0 Å². The molecule has 1 aliphatic rings. The first kappa shape index (κ1) is 17.8. The lowest BCUT2D eigenvalue weighted by atomic mass is 10.1. The van der Waals surface area contributed by atoms with Crippen molar-refractivity contribution in [2.45, 2.75) is 19.9 Å². The van der Waals surface area contributed by atoms with Crippen molar-refractivity contribution in [3.05, 3.63) is 52.8 Å². The summed E-state index contributed by atoms with van der Waals surface area (Å²) in [5, 5.41) is 0. The maximum Gasteiger partial charge on any atom is 0.252 e. The number of benzene rings is 2. The first-order valence-electron chi connectivity index (χ1n) is 8.87. The highest BCUT2D eigenvalue weighted by Gasteiger charge is 2.14. The van der Waals surface area contributed by atoms with E-state index < -0.39 is 0 Å². The van der Waals surface area contributed by atoms with Crippen molar-refractivity contribution < 1.29 is 19.0 Å². The zero-order valence-electron chi connectivity index (χ0n) is 15.0. The highest BCUT2D eigenvalue weighted by Crippen LogP contribution is 2.32. The van der Waals surface area contributed by atoms with Gasteiger partial charge in [-0.15, -0.1) is 0 Å². The Bertz CT molecular complexity index is 1040. The van der Waals surface area contributed by atoms with Gasteiger partial charge < -0.3 is 18.8 Å². The van der Waals surface area contributed by atoms with Crippen LogP contribution in [0, 0.1) is 0 Å². The molecule has 2 heterocycles. The number of amides is 1. The Morgan fingerprint density at radius 1 is 1.22 bits per heavy atom. The average Bonchev–Trinajstić information content (AvgIpc) is 3.26. The molecule has 1 aliphatic heterocycles. The predicted molar refractivity (Wildman–Crippen MR) is 103 cm³/mol. The lowest BCUT2D eigenvalue weighted by Crippen LogP contribution is -2.20. The molecule has 0 fully saturated rings. The molecule has 0 atom stereocenters. The van der Waals surface area contributed by atoms with Crippen LogP contribution >= 0.6 is 11.3 Å². The molecule has 1 amide bonds. The number of thiazole rings is 1. The minimum Gasteiger partial charge on any atom is -0.454 e. The van der Waals surface area contributed by atoms with Crippen LogP contribution in [0.2, 0.25) is 0 Å². The van der Waals surface area contributed by atoms with Crippen LogP contribution in [0.15, 0.2) is 47.5 Å². The van der Waals surface area contributed by atoms with E-state index in [-0.39, 0.29) is 19.1 Å². The first-order chi connectivity index (χ1) is 13.2. The van der Waals surface area contributed by atoms with E-state index in [2.05, 4.69) is 4.99 Å². The van der Waals surface area contributed by atoms with E-state index in [4.69, 9.17) is 14.2 Å². The topological polar surface area (TPSA) is 62.1 Å². The predicted octanol–water partition coefficient (Wildman–Crippen LogP) is 3.14. The molecule has 1 aromatic heterocycles. The minimum absolute atomic E-state index is 0.189. The van der Waals surface area contributed by atoms with Crippen molar-refractivity contribution in [2.75, 3.05) is 20.0 Å². The summed E-state index contributed by atoms with van der Waals surface area (Å²) in [6, 6.07) is 13.6. The Kier molecular flexibility index (Phi) is 5.22. The van der Waals surface area contributed by atoms with E-state index in [9.17, 15) is 4.79 Å². The summed E-state index contributed by atoms with van der Waals surface area (Å²) in [7, 11) is 0. The summed E-state index contributed by atoms with van der Waals surface area (Å²) in [5.41, 5.74) is 1.92. The molecule has 27 heavy (non-hydrogen) atoms. The van der Waals surface area contributed by atoms with Crippen LogP contribution in [0.5, 0.6) is 11.5 Å². The SMILES string of the molecule is CCOCCn1c(=NC(=O)Cc2ccc3c(c2)OCO3)sc2ccccc21. The summed E-state index contributed by atoms with van der Waals surface area (Å²) < 4.78 is 19.3. The number of fused-ring (bicyclic) bond motifs is 2. The molecular weight excluding hydrogens is 364 g/mol. The van der Waals surface area contributed by atoms with Crippen molar-refractivity contribution in [3.63, 3.8) is 0 Å². The second kappa shape index (κ2) is 7.94. The van der Waals surface area contributed by atoms with Crippen LogP contribution < -0.4 is 14.3 Å². The van der Waals surface area contributed by atoms with Crippen molar-refractivity contribution >= 4 is 27.5 Å². The molecule has 7 heteroatoms. The molecular formula is C20H20N2O4S. The molecule has 2 aromatic carbocycles. The minimum atomic E-state index is -0.189. The molecule has 3 aromatic rings. The van der Waals surface area contributed by atoms with Gasteiger partial charge in [0.1, 0.15) is 0 Å². The standard InChI is InChI=1S/C20H20N2O4S/c1-2-24-10-9-22-15-5-3-4-6-18(15)27-20(22)21-19(23)12-14-7-8-16-17(11-14)26-13-25-16/h3-8,11H,2,9-10,12-13H2,1H3. The van der Waals surface area contributed by atoms with Gasteiger partial charge in [-0.3, -0.25) is 4.79 Å². The van der Waals surface area contributed by atoms with Gasteiger partial charge in [0.2, 0.25) is 6.79 Å². The highest BCUT2D eigenvalue weighted by atomic mass is 32.1. The third-order valence-corrected chi connectivity index (χ3v) is 5.32. The number of nitrogens with zero attached hydrogens (tertiary/aromatic N) is 2. The molecule has 4 rings (SSSR count). The number of carbonyl (C=O) groups excluding carboxylic acids is 1. The van der Waals surface area contributed by atoms with Gasteiger partial charge in [-0.25, -0.2) is 0 Å². The lowest BCUT2D eigenvalue weighted by molar-refractivity contribution is -0.117. The van der Waals surface area contributed by atoms with E-state index in [1.165, 1.54) is 11.3 Å². The Hall–Kier alpha value is -2.64. The van der Waals surface area contributed by atoms with Gasteiger partial charge in [0.25, 0.3) is 5.91 Å². The molecule has 0 unspecified atom stereocenters. The Morgan fingerprint density at radius 2 is 2.07 bits per heavy atom. The maximum absolute atomic E-state index is 12.6.